The molecular weight excluding hydrogens is 184 g/mol. The van der Waals surface area contributed by atoms with Crippen LogP contribution in [0.5, 0.6) is 0 Å². The lowest BCUT2D eigenvalue weighted by Crippen LogP contribution is -2.18. The lowest BCUT2D eigenvalue weighted by atomic mass is 9.77. The molecule has 15 heavy (non-hydrogen) atoms. The van der Waals surface area contributed by atoms with Crippen molar-refractivity contribution in [2.45, 2.75) is 38.5 Å². The molecule has 1 aliphatic carbocycles. The summed E-state index contributed by atoms with van der Waals surface area (Å²) in [6.07, 6.45) is 4.51. The molecule has 0 saturated heterocycles. The predicted octanol–water partition coefficient (Wildman–Crippen LogP) is 3.55. The third-order valence-corrected chi connectivity index (χ3v) is 3.57. The van der Waals surface area contributed by atoms with Gasteiger partial charge in [-0.25, -0.2) is 0 Å². The van der Waals surface area contributed by atoms with Crippen LogP contribution in [0.15, 0.2) is 30.3 Å². The summed E-state index contributed by atoms with van der Waals surface area (Å²) in [7, 11) is 0. The molecular formula is C14H18O. The highest BCUT2D eigenvalue weighted by atomic mass is 16.1. The summed E-state index contributed by atoms with van der Waals surface area (Å²) in [5.74, 6) is 1.40. The second-order valence-corrected chi connectivity index (χ2v) is 4.57. The lowest BCUT2D eigenvalue weighted by Gasteiger charge is -2.27. The highest BCUT2D eigenvalue weighted by Gasteiger charge is 2.24. The Labute approximate surface area is 91.5 Å². The van der Waals surface area contributed by atoms with Gasteiger partial charge in [-0.05, 0) is 44.1 Å². The van der Waals surface area contributed by atoms with Crippen LogP contribution in [0.3, 0.4) is 0 Å². The molecule has 1 saturated carbocycles. The maximum absolute atomic E-state index is 11.2. The lowest BCUT2D eigenvalue weighted by molar-refractivity contribution is -0.121. The third kappa shape index (κ3) is 2.47. The van der Waals surface area contributed by atoms with E-state index in [2.05, 4.69) is 30.3 Å². The van der Waals surface area contributed by atoms with Crippen molar-refractivity contribution in [2.24, 2.45) is 5.92 Å². The van der Waals surface area contributed by atoms with Gasteiger partial charge in [-0.3, -0.25) is 4.79 Å². The number of hydrogen-bond donors (Lipinski definition) is 0. The van der Waals surface area contributed by atoms with Crippen molar-refractivity contribution in [3.05, 3.63) is 35.9 Å². The van der Waals surface area contributed by atoms with Crippen LogP contribution >= 0.6 is 0 Å². The van der Waals surface area contributed by atoms with Crippen LogP contribution in [0.4, 0.5) is 0 Å². The molecule has 1 heteroatoms. The van der Waals surface area contributed by atoms with Gasteiger partial charge >= 0.3 is 0 Å². The monoisotopic (exact) mass is 202 g/mol. The third-order valence-electron chi connectivity index (χ3n) is 3.57. The molecule has 0 spiro atoms. The van der Waals surface area contributed by atoms with E-state index in [0.29, 0.717) is 17.6 Å². The van der Waals surface area contributed by atoms with Gasteiger partial charge < -0.3 is 0 Å². The minimum Gasteiger partial charge on any atom is -0.300 e. The van der Waals surface area contributed by atoms with Gasteiger partial charge in [0.2, 0.25) is 0 Å². The normalized spacial score (nSPS) is 26.2. The molecule has 0 bridgehead atoms. The van der Waals surface area contributed by atoms with Crippen LogP contribution in [0.25, 0.3) is 0 Å². The van der Waals surface area contributed by atoms with Crippen LogP contribution in [0, 0.1) is 5.92 Å². The number of benzene rings is 1. The molecule has 80 valence electrons. The van der Waals surface area contributed by atoms with Crippen molar-refractivity contribution in [1.29, 1.82) is 0 Å². The Morgan fingerprint density at radius 1 is 1.07 bits per heavy atom. The zero-order valence-electron chi connectivity index (χ0n) is 9.28. The van der Waals surface area contributed by atoms with Crippen molar-refractivity contribution >= 4 is 5.78 Å². The smallest absolute Gasteiger partial charge is 0.132 e. The molecule has 1 fully saturated rings. The van der Waals surface area contributed by atoms with Crippen LogP contribution in [0.2, 0.25) is 0 Å². The van der Waals surface area contributed by atoms with Crippen LogP contribution in [0.1, 0.15) is 44.1 Å². The Balaban J connectivity index is 1.97. The first-order valence-corrected chi connectivity index (χ1v) is 5.83. The molecule has 1 nitrogen and oxygen atoms in total. The molecule has 2 rings (SSSR count). The van der Waals surface area contributed by atoms with E-state index < -0.39 is 0 Å². The Hall–Kier alpha value is -1.11. The Bertz CT molecular complexity index is 320. The SMILES string of the molecule is CC(=O)[C@H]1CC[C@H](c2ccccc2)CC1. The van der Waals surface area contributed by atoms with Crippen LogP contribution in [-0.4, -0.2) is 5.78 Å². The van der Waals surface area contributed by atoms with Gasteiger partial charge in [0.05, 0.1) is 0 Å². The fourth-order valence-electron chi connectivity index (χ4n) is 2.56. The molecule has 0 aromatic heterocycles. The highest BCUT2D eigenvalue weighted by Crippen LogP contribution is 2.35. The highest BCUT2D eigenvalue weighted by molar-refractivity contribution is 5.78. The quantitative estimate of drug-likeness (QED) is 0.716. The van der Waals surface area contributed by atoms with E-state index in [4.69, 9.17) is 0 Å². The molecule has 0 unspecified atom stereocenters. The first-order valence-electron chi connectivity index (χ1n) is 5.83. The number of hydrogen-bond acceptors (Lipinski definition) is 1. The van der Waals surface area contributed by atoms with Crippen LogP contribution in [-0.2, 0) is 4.79 Å². The second-order valence-electron chi connectivity index (χ2n) is 4.57. The van der Waals surface area contributed by atoms with Gasteiger partial charge in [0.1, 0.15) is 5.78 Å². The van der Waals surface area contributed by atoms with E-state index in [1.165, 1.54) is 18.4 Å². The van der Waals surface area contributed by atoms with Crippen molar-refractivity contribution < 1.29 is 4.79 Å². The molecule has 1 aliphatic rings. The largest absolute Gasteiger partial charge is 0.300 e. The average molecular weight is 202 g/mol. The zero-order chi connectivity index (χ0) is 10.7. The average Bonchev–Trinajstić information content (AvgIpc) is 2.30. The second kappa shape index (κ2) is 4.61. The van der Waals surface area contributed by atoms with Crippen molar-refractivity contribution in [2.75, 3.05) is 0 Å². The Kier molecular flexibility index (Phi) is 3.20. The first-order chi connectivity index (χ1) is 7.27. The number of Topliss-reactive ketones (excluding diaryl/α,β-unsaturated/α-hetero) is 1. The topological polar surface area (TPSA) is 17.1 Å². The van der Waals surface area contributed by atoms with E-state index in [1.54, 1.807) is 6.92 Å². The van der Waals surface area contributed by atoms with Gasteiger partial charge in [-0.2, -0.15) is 0 Å². The summed E-state index contributed by atoms with van der Waals surface area (Å²) in [4.78, 5) is 11.2. The summed E-state index contributed by atoms with van der Waals surface area (Å²) in [6.45, 7) is 1.73. The zero-order valence-corrected chi connectivity index (χ0v) is 9.28. The Morgan fingerprint density at radius 2 is 1.67 bits per heavy atom. The van der Waals surface area contributed by atoms with Crippen LogP contribution < -0.4 is 0 Å². The van der Waals surface area contributed by atoms with E-state index in [1.807, 2.05) is 0 Å². The summed E-state index contributed by atoms with van der Waals surface area (Å²) >= 11 is 0. The van der Waals surface area contributed by atoms with Gasteiger partial charge in [0, 0.05) is 5.92 Å². The fourth-order valence-corrected chi connectivity index (χ4v) is 2.56. The van der Waals surface area contributed by atoms with Gasteiger partial charge in [-0.15, -0.1) is 0 Å². The van der Waals surface area contributed by atoms with Gasteiger partial charge in [0.15, 0.2) is 0 Å². The first kappa shape index (κ1) is 10.4. The number of ketones is 1. The summed E-state index contributed by atoms with van der Waals surface area (Å²) in [6, 6.07) is 10.7. The number of carbonyl (C=O) groups excluding carboxylic acids is 1. The fraction of sp³-hybridized carbons (Fsp3) is 0.500. The molecule has 0 N–H and O–H groups in total. The van der Waals surface area contributed by atoms with E-state index >= 15 is 0 Å². The minimum atomic E-state index is 0.338. The Morgan fingerprint density at radius 3 is 2.20 bits per heavy atom. The summed E-state index contributed by atoms with van der Waals surface area (Å²) in [5.41, 5.74) is 1.44. The number of carbonyl (C=O) groups is 1. The van der Waals surface area contributed by atoms with E-state index in [-0.39, 0.29) is 0 Å². The molecule has 1 aromatic carbocycles. The maximum atomic E-state index is 11.2. The molecule has 1 aromatic rings. The van der Waals surface area contributed by atoms with E-state index in [0.717, 1.165) is 12.8 Å². The van der Waals surface area contributed by atoms with Gasteiger partial charge in [0.25, 0.3) is 0 Å². The summed E-state index contributed by atoms with van der Waals surface area (Å²) in [5, 5.41) is 0. The predicted molar refractivity (Wildman–Crippen MR) is 61.8 cm³/mol. The summed E-state index contributed by atoms with van der Waals surface area (Å²) < 4.78 is 0. The van der Waals surface area contributed by atoms with Crippen molar-refractivity contribution in [1.82, 2.24) is 0 Å². The van der Waals surface area contributed by atoms with E-state index in [9.17, 15) is 4.79 Å². The molecule has 0 radical (unpaired) electrons. The van der Waals surface area contributed by atoms with Gasteiger partial charge in [-0.1, -0.05) is 30.3 Å². The standard InChI is InChI=1S/C14H18O/c1-11(15)12-7-9-14(10-8-12)13-5-3-2-4-6-13/h2-6,12,14H,7-10H2,1H3/t12-,14-. The maximum Gasteiger partial charge on any atom is 0.132 e. The minimum absolute atomic E-state index is 0.338. The molecule has 0 heterocycles. The number of rotatable bonds is 2. The molecule has 0 amide bonds. The molecule has 0 atom stereocenters. The van der Waals surface area contributed by atoms with Crippen molar-refractivity contribution in [3.8, 4) is 0 Å². The molecule has 0 aliphatic heterocycles. The van der Waals surface area contributed by atoms with Crippen molar-refractivity contribution in [3.63, 3.8) is 0 Å².